The van der Waals surface area contributed by atoms with Crippen molar-refractivity contribution in [1.29, 1.82) is 0 Å². The lowest BCUT2D eigenvalue weighted by molar-refractivity contribution is 2.17. The molecule has 1 fully saturated rings. The maximum Gasteiger partial charge on any atom is 0.0703 e. The Morgan fingerprint density at radius 1 is 1.11 bits per heavy atom. The summed E-state index contributed by atoms with van der Waals surface area (Å²) in [5, 5.41) is 0. The maximum atomic E-state index is 5.04. The third-order valence-electron chi connectivity index (χ3n) is 0.435. The van der Waals surface area contributed by atoms with Gasteiger partial charge in [0.25, 0.3) is 0 Å². The molecule has 1 heterocycles. The molecule has 0 aromatic rings. The van der Waals surface area contributed by atoms with Gasteiger partial charge in [0.05, 0.1) is 4.20 Å². The first-order valence-corrected chi connectivity index (χ1v) is 9.94. The molecule has 0 nitrogen and oxygen atoms in total. The molecule has 0 spiro atoms. The van der Waals surface area contributed by atoms with Crippen LogP contribution in [-0.4, -0.2) is 9.95 Å². The summed E-state index contributed by atoms with van der Waals surface area (Å²) in [5.41, 5.74) is 0. The molecule has 0 amide bonds. The number of thiocarbonyl (C=S) groups is 1. The Kier molecular flexibility index (Phi) is 5.97. The van der Waals surface area contributed by atoms with E-state index in [1.54, 1.807) is 30.4 Å². The van der Waals surface area contributed by atoms with Crippen LogP contribution >= 0.6 is 73.1 Å². The highest BCUT2D eigenvalue weighted by atomic mass is 33.9. The Labute approximate surface area is 82.2 Å². The van der Waals surface area contributed by atoms with Crippen LogP contribution in [0.15, 0.2) is 0 Å². The number of hydrogen-bond donors (Lipinski definition) is 0. The summed E-state index contributed by atoms with van der Waals surface area (Å²) in [4.78, 5) is 0. The fraction of sp³-hybridized carbons (Fsp3) is 0.500. The first kappa shape index (κ1) is 9.28. The molecule has 0 N–H and O–H groups in total. The van der Waals surface area contributed by atoms with E-state index < -0.39 is 0 Å². The van der Waals surface area contributed by atoms with Crippen LogP contribution in [-0.2, 0) is 0 Å². The number of hydrogen-bond acceptors (Lipinski definition) is 7. The van der Waals surface area contributed by atoms with Gasteiger partial charge in [-0.15, -0.1) is 0 Å². The Bertz CT molecular complexity index is 89.1. The summed E-state index contributed by atoms with van der Waals surface area (Å²) in [6, 6.07) is 0. The highest BCUT2D eigenvalue weighted by Crippen LogP contribution is 2.55. The fourth-order valence-corrected chi connectivity index (χ4v) is 12.6. The zero-order valence-electron chi connectivity index (χ0n) is 4.06. The molecule has 0 aliphatic carbocycles. The zero-order valence-corrected chi connectivity index (χ0v) is 9.78. The lowest BCUT2D eigenvalue weighted by atomic mass is 11.0. The normalized spacial score (nSPS) is 22.9. The molecule has 1 aliphatic heterocycles. The van der Waals surface area contributed by atoms with Crippen molar-refractivity contribution in [3.8, 4) is 0 Å². The van der Waals surface area contributed by atoms with Crippen molar-refractivity contribution >= 4 is 77.3 Å². The van der Waals surface area contributed by atoms with Crippen LogP contribution in [0.3, 0.4) is 0 Å². The minimum atomic E-state index is 1.01. The van der Waals surface area contributed by atoms with Crippen molar-refractivity contribution in [2.24, 2.45) is 0 Å². The highest BCUT2D eigenvalue weighted by molar-refractivity contribution is 9.43. The molecule has 0 unspecified atom stereocenters. The van der Waals surface area contributed by atoms with Crippen molar-refractivity contribution in [3.63, 3.8) is 0 Å². The Hall–Kier alpha value is 2.19. The quantitative estimate of drug-likeness (QED) is 0.458. The third-order valence-corrected chi connectivity index (χ3v) is 12.0. The molecular weight excluding hydrogens is 248 g/mol. The number of rotatable bonds is 0. The highest BCUT2D eigenvalue weighted by Gasteiger charge is 2.04. The van der Waals surface area contributed by atoms with E-state index in [4.69, 9.17) is 12.2 Å². The average molecular weight is 251 g/mol. The van der Waals surface area contributed by atoms with Gasteiger partial charge < -0.3 is 0 Å². The summed E-state index contributed by atoms with van der Waals surface area (Å²) in [6.07, 6.45) is 0. The van der Waals surface area contributed by atoms with Crippen LogP contribution in [0, 0.1) is 0 Å². The zero-order chi connectivity index (χ0) is 6.53. The van der Waals surface area contributed by atoms with E-state index in [2.05, 4.69) is 0 Å². The average Bonchev–Trinajstić information content (AvgIpc) is 1.79. The summed E-state index contributed by atoms with van der Waals surface area (Å²) >= 11 is 5.04. The molecule has 0 radical (unpaired) electrons. The van der Waals surface area contributed by atoms with Gasteiger partial charge in [0.2, 0.25) is 0 Å². The molecule has 7 heteroatoms. The third kappa shape index (κ3) is 4.60. The van der Waals surface area contributed by atoms with Crippen molar-refractivity contribution < 1.29 is 0 Å². The standard InChI is InChI=1S/C2H2S7/c3-2-1-4-6-8-9-7-5-2/h1H2. The smallest absolute Gasteiger partial charge is 0.0703 e. The van der Waals surface area contributed by atoms with Crippen LogP contribution < -0.4 is 0 Å². The predicted molar refractivity (Wildman–Crippen MR) is 63.0 cm³/mol. The van der Waals surface area contributed by atoms with Crippen molar-refractivity contribution in [3.05, 3.63) is 0 Å². The molecule has 9 heavy (non-hydrogen) atoms. The molecule has 1 rings (SSSR count). The van der Waals surface area contributed by atoms with Gasteiger partial charge in [0.15, 0.2) is 0 Å². The molecule has 0 aromatic carbocycles. The Balaban J connectivity index is 2.20. The van der Waals surface area contributed by atoms with Gasteiger partial charge in [-0.25, -0.2) is 0 Å². The van der Waals surface area contributed by atoms with E-state index in [-0.39, 0.29) is 0 Å². The second kappa shape index (κ2) is 5.79. The Morgan fingerprint density at radius 3 is 2.78 bits per heavy atom. The first-order chi connectivity index (χ1) is 4.39. The van der Waals surface area contributed by atoms with E-state index in [0.717, 1.165) is 9.95 Å². The van der Waals surface area contributed by atoms with E-state index in [1.165, 1.54) is 0 Å². The van der Waals surface area contributed by atoms with Gasteiger partial charge in [-0.1, -0.05) is 23.0 Å². The van der Waals surface area contributed by atoms with Crippen molar-refractivity contribution in [1.82, 2.24) is 0 Å². The van der Waals surface area contributed by atoms with Gasteiger partial charge in [-0.2, -0.15) is 0 Å². The minimum Gasteiger partial charge on any atom is -0.0755 e. The van der Waals surface area contributed by atoms with Crippen LogP contribution in [0.25, 0.3) is 0 Å². The minimum absolute atomic E-state index is 1.01. The van der Waals surface area contributed by atoms with Gasteiger partial charge in [-0.3, -0.25) is 0 Å². The summed E-state index contributed by atoms with van der Waals surface area (Å²) in [6.45, 7) is 0. The van der Waals surface area contributed by atoms with Crippen LogP contribution in [0.4, 0.5) is 0 Å². The van der Waals surface area contributed by atoms with Gasteiger partial charge in [-0.05, 0) is 50.1 Å². The van der Waals surface area contributed by atoms with Gasteiger partial charge in [0, 0.05) is 5.75 Å². The van der Waals surface area contributed by atoms with E-state index >= 15 is 0 Å². The molecule has 0 aromatic heterocycles. The van der Waals surface area contributed by atoms with Crippen LogP contribution in [0.2, 0.25) is 0 Å². The Morgan fingerprint density at radius 2 is 1.89 bits per heavy atom. The van der Waals surface area contributed by atoms with Gasteiger partial charge in [0.1, 0.15) is 0 Å². The van der Waals surface area contributed by atoms with Gasteiger partial charge >= 0.3 is 0 Å². The molecular formula is C2H2S7. The molecule has 1 aliphatic rings. The van der Waals surface area contributed by atoms with Crippen LogP contribution in [0.5, 0.6) is 0 Å². The lowest BCUT2D eigenvalue weighted by Crippen LogP contribution is -1.86. The van der Waals surface area contributed by atoms with E-state index in [9.17, 15) is 0 Å². The molecule has 52 valence electrons. The van der Waals surface area contributed by atoms with Crippen molar-refractivity contribution in [2.75, 3.05) is 5.75 Å². The topological polar surface area (TPSA) is 0 Å². The molecule has 0 bridgehead atoms. The van der Waals surface area contributed by atoms with Crippen LogP contribution in [0.1, 0.15) is 0 Å². The lowest BCUT2D eigenvalue weighted by Gasteiger charge is -2.04. The largest absolute Gasteiger partial charge is 0.0755 e. The summed E-state index contributed by atoms with van der Waals surface area (Å²) < 4.78 is 1.10. The second-order valence-electron chi connectivity index (χ2n) is 0.990. The second-order valence-corrected chi connectivity index (χ2v) is 11.2. The monoisotopic (exact) mass is 250 g/mol. The van der Waals surface area contributed by atoms with Crippen molar-refractivity contribution in [2.45, 2.75) is 0 Å². The predicted octanol–water partition coefficient (Wildman–Crippen LogP) is 4.30. The summed E-state index contributed by atoms with van der Waals surface area (Å²) in [7, 11) is 10.7. The first-order valence-electron chi connectivity index (χ1n) is 1.88. The maximum absolute atomic E-state index is 5.04. The van der Waals surface area contributed by atoms with E-state index in [0.29, 0.717) is 0 Å². The SMILES string of the molecule is S=C1CSSSSSS1. The molecule has 0 atom stereocenters. The summed E-state index contributed by atoms with van der Waals surface area (Å²) in [5.74, 6) is 1.01. The molecule has 0 saturated carbocycles. The fourth-order valence-electron chi connectivity index (χ4n) is 0.190. The van der Waals surface area contributed by atoms with E-state index in [1.807, 2.05) is 30.4 Å². The molecule has 1 saturated heterocycles.